The Morgan fingerprint density at radius 2 is 2.08 bits per heavy atom. The van der Waals surface area contributed by atoms with Crippen molar-refractivity contribution in [1.29, 1.82) is 0 Å². The lowest BCUT2D eigenvalue weighted by atomic mass is 10.2. The van der Waals surface area contributed by atoms with Crippen molar-refractivity contribution < 1.29 is 4.79 Å². The minimum atomic E-state index is -0.0969. The van der Waals surface area contributed by atoms with Crippen LogP contribution in [0.3, 0.4) is 0 Å². The van der Waals surface area contributed by atoms with Crippen LogP contribution in [0.25, 0.3) is 10.2 Å². The van der Waals surface area contributed by atoms with E-state index in [1.165, 1.54) is 10.5 Å². The number of carbonyl (C=O) groups excluding carboxylic acids is 1. The summed E-state index contributed by atoms with van der Waals surface area (Å²) in [5, 5.41) is 0. The quantitative estimate of drug-likeness (QED) is 0.415. The van der Waals surface area contributed by atoms with Crippen LogP contribution in [-0.2, 0) is 17.1 Å². The summed E-state index contributed by atoms with van der Waals surface area (Å²) in [6.45, 7) is 4.47. The Bertz CT molecular complexity index is 974. The van der Waals surface area contributed by atoms with Crippen LogP contribution in [0.5, 0.6) is 0 Å². The minimum absolute atomic E-state index is 0.0969. The van der Waals surface area contributed by atoms with Crippen LogP contribution in [0.4, 0.5) is 0 Å². The highest BCUT2D eigenvalue weighted by Gasteiger charge is 2.08. The summed E-state index contributed by atoms with van der Waals surface area (Å²) in [5.74, 6) is 1.10. The fourth-order valence-corrected chi connectivity index (χ4v) is 4.92. The lowest BCUT2D eigenvalue weighted by Gasteiger charge is -2.02. The first-order valence-corrected chi connectivity index (χ1v) is 11.4. The molecule has 0 aliphatic heterocycles. The molecule has 1 amide bonds. The number of aromatic nitrogens is 1. The lowest BCUT2D eigenvalue weighted by Crippen LogP contribution is -2.16. The van der Waals surface area contributed by atoms with Gasteiger partial charge in [-0.15, -0.1) is 30.1 Å². The third-order valence-electron chi connectivity index (χ3n) is 3.76. The van der Waals surface area contributed by atoms with Crippen LogP contribution >= 0.6 is 34.9 Å². The number of fused-ring (bicyclic) bond motifs is 1. The zero-order valence-electron chi connectivity index (χ0n) is 14.6. The van der Waals surface area contributed by atoms with E-state index in [0.717, 1.165) is 20.8 Å². The Hall–Kier alpha value is -1.76. The molecule has 0 aliphatic carbocycles. The molecule has 0 radical (unpaired) electrons. The number of carbonyl (C=O) groups is 1. The van der Waals surface area contributed by atoms with Gasteiger partial charge in [0.25, 0.3) is 5.91 Å². The standard InChI is InChI=1S/C20H20N2OS3/c1-3-11-22-17-10-9-16(24-2)12-18(17)26-20(22)21-19(23)14-25-13-15-7-5-4-6-8-15/h3-10,12H,1,11,13-14H2,2H3. The van der Waals surface area contributed by atoms with Gasteiger partial charge in [-0.2, -0.15) is 4.99 Å². The molecule has 0 saturated carbocycles. The molecule has 1 heterocycles. The largest absolute Gasteiger partial charge is 0.313 e. The number of hydrogen-bond donors (Lipinski definition) is 0. The van der Waals surface area contributed by atoms with Gasteiger partial charge in [0.2, 0.25) is 0 Å². The molecule has 134 valence electrons. The molecule has 3 rings (SSSR count). The average molecular weight is 401 g/mol. The van der Waals surface area contributed by atoms with Gasteiger partial charge in [0.1, 0.15) is 0 Å². The second kappa shape index (κ2) is 9.26. The van der Waals surface area contributed by atoms with Crippen molar-refractivity contribution in [1.82, 2.24) is 4.57 Å². The summed E-state index contributed by atoms with van der Waals surface area (Å²) >= 11 is 4.86. The SMILES string of the molecule is C=CCn1c(=NC(=O)CSCc2ccccc2)sc2cc(SC)ccc21. The van der Waals surface area contributed by atoms with Crippen LogP contribution in [-0.4, -0.2) is 22.5 Å². The van der Waals surface area contributed by atoms with Crippen molar-refractivity contribution in [3.8, 4) is 0 Å². The number of allylic oxidation sites excluding steroid dienone is 1. The molecule has 0 aliphatic rings. The summed E-state index contributed by atoms with van der Waals surface area (Å²) in [6, 6.07) is 16.5. The van der Waals surface area contributed by atoms with Crippen molar-refractivity contribution in [2.45, 2.75) is 17.2 Å². The molecule has 2 aromatic carbocycles. The van der Waals surface area contributed by atoms with Crippen LogP contribution in [0.2, 0.25) is 0 Å². The van der Waals surface area contributed by atoms with E-state index >= 15 is 0 Å². The van der Waals surface area contributed by atoms with E-state index in [-0.39, 0.29) is 5.91 Å². The van der Waals surface area contributed by atoms with Crippen molar-refractivity contribution >= 4 is 51.0 Å². The zero-order valence-corrected chi connectivity index (χ0v) is 17.0. The molecule has 6 heteroatoms. The molecule has 0 saturated heterocycles. The van der Waals surface area contributed by atoms with Gasteiger partial charge in [0.05, 0.1) is 16.0 Å². The summed E-state index contributed by atoms with van der Waals surface area (Å²) in [4.78, 5) is 18.7. The molecular weight excluding hydrogens is 380 g/mol. The van der Waals surface area contributed by atoms with Crippen LogP contribution in [0.1, 0.15) is 5.56 Å². The highest BCUT2D eigenvalue weighted by molar-refractivity contribution is 7.99. The van der Waals surface area contributed by atoms with Gasteiger partial charge in [-0.1, -0.05) is 47.7 Å². The number of thiazole rings is 1. The van der Waals surface area contributed by atoms with Crippen LogP contribution < -0.4 is 4.80 Å². The number of hydrogen-bond acceptors (Lipinski definition) is 4. The van der Waals surface area contributed by atoms with Gasteiger partial charge in [0, 0.05) is 17.2 Å². The third kappa shape index (κ3) is 4.69. The topological polar surface area (TPSA) is 34.4 Å². The molecule has 0 atom stereocenters. The van der Waals surface area contributed by atoms with Crippen molar-refractivity contribution in [3.63, 3.8) is 0 Å². The molecule has 1 aromatic heterocycles. The fraction of sp³-hybridized carbons (Fsp3) is 0.200. The first-order valence-electron chi connectivity index (χ1n) is 8.19. The van der Waals surface area contributed by atoms with Gasteiger partial charge in [0.15, 0.2) is 4.80 Å². The number of nitrogens with zero attached hydrogens (tertiary/aromatic N) is 2. The van der Waals surface area contributed by atoms with E-state index in [9.17, 15) is 4.79 Å². The lowest BCUT2D eigenvalue weighted by molar-refractivity contribution is -0.115. The number of amides is 1. The summed E-state index contributed by atoms with van der Waals surface area (Å²) in [5.41, 5.74) is 2.31. The van der Waals surface area contributed by atoms with Gasteiger partial charge >= 0.3 is 0 Å². The van der Waals surface area contributed by atoms with E-state index in [0.29, 0.717) is 12.3 Å². The second-order valence-corrected chi connectivity index (χ2v) is 8.48. The molecule has 0 N–H and O–H groups in total. The summed E-state index contributed by atoms with van der Waals surface area (Å²) in [6.07, 6.45) is 3.90. The molecule has 0 fully saturated rings. The molecular formula is C20H20N2OS3. The molecule has 0 spiro atoms. The van der Waals surface area contributed by atoms with Crippen molar-refractivity contribution in [2.24, 2.45) is 4.99 Å². The Balaban J connectivity index is 1.79. The van der Waals surface area contributed by atoms with Crippen molar-refractivity contribution in [3.05, 3.63) is 71.6 Å². The Morgan fingerprint density at radius 3 is 2.81 bits per heavy atom. The highest BCUT2D eigenvalue weighted by Crippen LogP contribution is 2.24. The maximum Gasteiger partial charge on any atom is 0.258 e. The molecule has 0 bridgehead atoms. The van der Waals surface area contributed by atoms with Gasteiger partial charge in [-0.05, 0) is 30.0 Å². The first kappa shape index (κ1) is 19.0. The molecule has 3 aromatic rings. The second-order valence-electron chi connectivity index (χ2n) is 5.60. The Morgan fingerprint density at radius 1 is 1.27 bits per heavy atom. The molecule has 3 nitrogen and oxygen atoms in total. The van der Waals surface area contributed by atoms with Gasteiger partial charge in [-0.3, -0.25) is 4.79 Å². The minimum Gasteiger partial charge on any atom is -0.313 e. The first-order chi connectivity index (χ1) is 12.7. The highest BCUT2D eigenvalue weighted by atomic mass is 32.2. The van der Waals surface area contributed by atoms with Gasteiger partial charge in [-0.25, -0.2) is 0 Å². The van der Waals surface area contributed by atoms with E-state index in [4.69, 9.17) is 0 Å². The van der Waals surface area contributed by atoms with Crippen LogP contribution in [0.15, 0.2) is 71.1 Å². The number of thioether (sulfide) groups is 2. The molecule has 26 heavy (non-hydrogen) atoms. The van der Waals surface area contributed by atoms with Crippen LogP contribution in [0, 0.1) is 0 Å². The predicted octanol–water partition coefficient (Wildman–Crippen LogP) is 4.97. The van der Waals surface area contributed by atoms with E-state index < -0.39 is 0 Å². The third-order valence-corrected chi connectivity index (χ3v) is 6.51. The smallest absolute Gasteiger partial charge is 0.258 e. The van der Waals surface area contributed by atoms with Crippen molar-refractivity contribution in [2.75, 3.05) is 12.0 Å². The maximum absolute atomic E-state index is 12.3. The fourth-order valence-electron chi connectivity index (χ4n) is 2.54. The number of rotatable bonds is 7. The average Bonchev–Trinajstić information content (AvgIpc) is 2.99. The Kier molecular flexibility index (Phi) is 6.77. The van der Waals surface area contributed by atoms with E-state index in [1.54, 1.807) is 34.9 Å². The van der Waals surface area contributed by atoms with E-state index in [1.807, 2.05) is 24.3 Å². The number of benzene rings is 2. The summed E-state index contributed by atoms with van der Waals surface area (Å²) in [7, 11) is 0. The molecule has 0 unspecified atom stereocenters. The summed E-state index contributed by atoms with van der Waals surface area (Å²) < 4.78 is 3.19. The normalized spacial score (nSPS) is 11.8. The van der Waals surface area contributed by atoms with E-state index in [2.05, 4.69) is 52.7 Å². The monoisotopic (exact) mass is 400 g/mol. The maximum atomic E-state index is 12.3. The zero-order chi connectivity index (χ0) is 18.4. The Labute approximate surface area is 165 Å². The predicted molar refractivity (Wildman–Crippen MR) is 115 cm³/mol. The van der Waals surface area contributed by atoms with Gasteiger partial charge < -0.3 is 4.57 Å².